The van der Waals surface area contributed by atoms with Crippen LogP contribution >= 0.6 is 0 Å². The summed E-state index contributed by atoms with van der Waals surface area (Å²) in [5, 5.41) is 0. The predicted octanol–water partition coefficient (Wildman–Crippen LogP) is 2.22. The number of nitrogens with two attached hydrogens (primary N) is 1. The molecule has 2 rings (SSSR count). The number of hydrogen-bond donors (Lipinski definition) is 1. The number of benzene rings is 1. The first kappa shape index (κ1) is 13.9. The second-order valence-electron chi connectivity index (χ2n) is 4.99. The molecule has 1 amide bonds. The van der Waals surface area contributed by atoms with Crippen LogP contribution < -0.4 is 5.73 Å². The van der Waals surface area contributed by atoms with Crippen LogP contribution in [0.2, 0.25) is 0 Å². The molecular formula is C15H22N2O2. The molecule has 0 saturated carbocycles. The predicted molar refractivity (Wildman–Crippen MR) is 76.1 cm³/mol. The fourth-order valence-electron chi connectivity index (χ4n) is 2.55. The van der Waals surface area contributed by atoms with Crippen LogP contribution in [0.3, 0.4) is 0 Å². The Morgan fingerprint density at radius 1 is 1.53 bits per heavy atom. The highest BCUT2D eigenvalue weighted by atomic mass is 16.5. The van der Waals surface area contributed by atoms with Gasteiger partial charge in [-0.3, -0.25) is 4.79 Å². The van der Waals surface area contributed by atoms with E-state index in [1.165, 1.54) is 0 Å². The minimum absolute atomic E-state index is 0.0641. The van der Waals surface area contributed by atoms with E-state index in [0.29, 0.717) is 24.4 Å². The van der Waals surface area contributed by atoms with E-state index in [-0.39, 0.29) is 12.0 Å². The van der Waals surface area contributed by atoms with Crippen LogP contribution in [-0.2, 0) is 4.74 Å². The van der Waals surface area contributed by atoms with Crippen LogP contribution in [0, 0.1) is 6.92 Å². The van der Waals surface area contributed by atoms with Crippen LogP contribution in [0.4, 0.5) is 5.69 Å². The van der Waals surface area contributed by atoms with Gasteiger partial charge in [-0.05, 0) is 44.4 Å². The lowest BCUT2D eigenvalue weighted by atomic mass is 10.0. The lowest BCUT2D eigenvalue weighted by Crippen LogP contribution is -2.43. The molecule has 1 aromatic rings. The number of rotatable bonds is 3. The van der Waals surface area contributed by atoms with E-state index < -0.39 is 0 Å². The van der Waals surface area contributed by atoms with Gasteiger partial charge < -0.3 is 15.4 Å². The van der Waals surface area contributed by atoms with Gasteiger partial charge in [0.05, 0.1) is 6.10 Å². The summed E-state index contributed by atoms with van der Waals surface area (Å²) in [5.74, 6) is 0.0641. The molecular weight excluding hydrogens is 240 g/mol. The number of likely N-dealkylation sites (tertiary alicyclic amines) is 1. The molecule has 1 unspecified atom stereocenters. The lowest BCUT2D eigenvalue weighted by Gasteiger charge is -2.33. The van der Waals surface area contributed by atoms with Gasteiger partial charge in [-0.15, -0.1) is 0 Å². The number of nitrogen functional groups attached to an aromatic ring is 1. The fourth-order valence-corrected chi connectivity index (χ4v) is 2.55. The van der Waals surface area contributed by atoms with E-state index in [2.05, 4.69) is 0 Å². The summed E-state index contributed by atoms with van der Waals surface area (Å²) in [6, 6.07) is 5.50. The average molecular weight is 262 g/mol. The van der Waals surface area contributed by atoms with Gasteiger partial charge in [-0.25, -0.2) is 0 Å². The summed E-state index contributed by atoms with van der Waals surface area (Å²) in [6.07, 6.45) is 2.20. The highest BCUT2D eigenvalue weighted by Crippen LogP contribution is 2.20. The first-order valence-corrected chi connectivity index (χ1v) is 6.89. The number of amides is 1. The Balaban J connectivity index is 2.12. The Hall–Kier alpha value is -1.55. The van der Waals surface area contributed by atoms with E-state index in [9.17, 15) is 4.79 Å². The van der Waals surface area contributed by atoms with Crippen LogP contribution in [0.5, 0.6) is 0 Å². The summed E-state index contributed by atoms with van der Waals surface area (Å²) < 4.78 is 5.63. The first-order valence-electron chi connectivity index (χ1n) is 6.89. The highest BCUT2D eigenvalue weighted by Gasteiger charge is 2.25. The molecule has 104 valence electrons. The normalized spacial score (nSPS) is 19.5. The van der Waals surface area contributed by atoms with Gasteiger partial charge in [0.1, 0.15) is 0 Å². The zero-order valence-corrected chi connectivity index (χ0v) is 11.7. The number of piperidine rings is 1. The summed E-state index contributed by atoms with van der Waals surface area (Å²) >= 11 is 0. The van der Waals surface area contributed by atoms with Crippen molar-refractivity contribution in [2.45, 2.75) is 32.8 Å². The van der Waals surface area contributed by atoms with Gasteiger partial charge in [0, 0.05) is 30.9 Å². The lowest BCUT2D eigenvalue weighted by molar-refractivity contribution is 0.00722. The third-order valence-electron chi connectivity index (χ3n) is 3.67. The van der Waals surface area contributed by atoms with E-state index in [1.54, 1.807) is 0 Å². The van der Waals surface area contributed by atoms with Crippen molar-refractivity contribution in [2.75, 3.05) is 25.4 Å². The SMILES string of the molecule is CCOC1CCCN(C(=O)c2cccc(N)c2C)C1. The quantitative estimate of drug-likeness (QED) is 0.850. The zero-order chi connectivity index (χ0) is 13.8. The highest BCUT2D eigenvalue weighted by molar-refractivity contribution is 5.97. The van der Waals surface area contributed by atoms with Gasteiger partial charge in [0.25, 0.3) is 5.91 Å². The zero-order valence-electron chi connectivity index (χ0n) is 11.7. The number of hydrogen-bond acceptors (Lipinski definition) is 3. The van der Waals surface area contributed by atoms with Crippen LogP contribution in [0.1, 0.15) is 35.7 Å². The average Bonchev–Trinajstić information content (AvgIpc) is 2.42. The van der Waals surface area contributed by atoms with Crippen molar-refractivity contribution >= 4 is 11.6 Å². The third-order valence-corrected chi connectivity index (χ3v) is 3.67. The van der Waals surface area contributed by atoms with E-state index in [0.717, 1.165) is 24.9 Å². The molecule has 0 spiro atoms. The fraction of sp³-hybridized carbons (Fsp3) is 0.533. The number of carbonyl (C=O) groups excluding carboxylic acids is 1. The minimum Gasteiger partial charge on any atom is -0.398 e. The maximum atomic E-state index is 12.5. The van der Waals surface area contributed by atoms with Gasteiger partial charge in [-0.1, -0.05) is 6.07 Å². The monoisotopic (exact) mass is 262 g/mol. The summed E-state index contributed by atoms with van der Waals surface area (Å²) in [7, 11) is 0. The largest absolute Gasteiger partial charge is 0.398 e. The smallest absolute Gasteiger partial charge is 0.254 e. The van der Waals surface area contributed by atoms with Crippen LogP contribution in [0.15, 0.2) is 18.2 Å². The van der Waals surface area contributed by atoms with Crippen molar-refractivity contribution in [1.29, 1.82) is 0 Å². The maximum absolute atomic E-state index is 12.5. The number of carbonyl (C=O) groups is 1. The van der Waals surface area contributed by atoms with Crippen molar-refractivity contribution in [2.24, 2.45) is 0 Å². The molecule has 4 heteroatoms. The van der Waals surface area contributed by atoms with Crippen LogP contribution in [-0.4, -0.2) is 36.6 Å². The molecule has 0 aliphatic carbocycles. The Labute approximate surface area is 114 Å². The van der Waals surface area contributed by atoms with E-state index in [1.807, 2.05) is 36.9 Å². The third kappa shape index (κ3) is 3.07. The molecule has 1 atom stereocenters. The maximum Gasteiger partial charge on any atom is 0.254 e. The summed E-state index contributed by atoms with van der Waals surface area (Å²) in [5.41, 5.74) is 8.11. The summed E-state index contributed by atoms with van der Waals surface area (Å²) in [4.78, 5) is 14.4. The topological polar surface area (TPSA) is 55.6 Å². The van der Waals surface area contributed by atoms with E-state index >= 15 is 0 Å². The molecule has 0 bridgehead atoms. The standard InChI is InChI=1S/C15H22N2O2/c1-3-19-12-6-5-9-17(10-12)15(18)13-7-4-8-14(16)11(13)2/h4,7-8,12H,3,5-6,9-10,16H2,1-2H3. The molecule has 19 heavy (non-hydrogen) atoms. The number of ether oxygens (including phenoxy) is 1. The molecule has 1 aliphatic heterocycles. The Morgan fingerprint density at radius 3 is 3.05 bits per heavy atom. The van der Waals surface area contributed by atoms with Crippen molar-refractivity contribution in [3.8, 4) is 0 Å². The van der Waals surface area contributed by atoms with Crippen molar-refractivity contribution in [3.63, 3.8) is 0 Å². The molecule has 2 N–H and O–H groups in total. The molecule has 1 saturated heterocycles. The molecule has 1 heterocycles. The van der Waals surface area contributed by atoms with E-state index in [4.69, 9.17) is 10.5 Å². The Bertz CT molecular complexity index is 457. The second-order valence-corrected chi connectivity index (χ2v) is 4.99. The first-order chi connectivity index (χ1) is 9.13. The van der Waals surface area contributed by atoms with Crippen molar-refractivity contribution < 1.29 is 9.53 Å². The number of nitrogens with zero attached hydrogens (tertiary/aromatic N) is 1. The van der Waals surface area contributed by atoms with Gasteiger partial charge in [-0.2, -0.15) is 0 Å². The van der Waals surface area contributed by atoms with Gasteiger partial charge >= 0.3 is 0 Å². The molecule has 1 fully saturated rings. The van der Waals surface area contributed by atoms with Gasteiger partial charge in [0.15, 0.2) is 0 Å². The van der Waals surface area contributed by atoms with Crippen LogP contribution in [0.25, 0.3) is 0 Å². The Morgan fingerprint density at radius 2 is 2.32 bits per heavy atom. The Kier molecular flexibility index (Phi) is 4.43. The molecule has 1 aliphatic rings. The molecule has 1 aromatic carbocycles. The molecule has 0 aromatic heterocycles. The number of anilines is 1. The molecule has 4 nitrogen and oxygen atoms in total. The minimum atomic E-state index is 0.0641. The second kappa shape index (κ2) is 6.06. The molecule has 0 radical (unpaired) electrons. The summed E-state index contributed by atoms with van der Waals surface area (Å²) in [6.45, 7) is 6.07. The van der Waals surface area contributed by atoms with Crippen molar-refractivity contribution in [3.05, 3.63) is 29.3 Å². The van der Waals surface area contributed by atoms with Crippen molar-refractivity contribution in [1.82, 2.24) is 4.90 Å². The van der Waals surface area contributed by atoms with Gasteiger partial charge in [0.2, 0.25) is 0 Å².